The summed E-state index contributed by atoms with van der Waals surface area (Å²) in [4.78, 5) is 26.0. The fourth-order valence-electron chi connectivity index (χ4n) is 3.45. The maximum Gasteiger partial charge on any atom is 0.405 e. The van der Waals surface area contributed by atoms with Gasteiger partial charge in [-0.25, -0.2) is 4.79 Å². The second-order valence-electron chi connectivity index (χ2n) is 6.91. The van der Waals surface area contributed by atoms with Crippen LogP contribution in [0.25, 0.3) is 0 Å². The predicted octanol–water partition coefficient (Wildman–Crippen LogP) is 2.26. The SMILES string of the molecule is O=C(O)NC(Cc1ccccc1)C(=O)NC1CCN(Cc2ccccc2)C1. The first kappa shape index (κ1) is 18.9. The molecule has 0 aromatic heterocycles. The monoisotopic (exact) mass is 367 g/mol. The third kappa shape index (κ3) is 5.82. The van der Waals surface area contributed by atoms with Gasteiger partial charge in [0.2, 0.25) is 5.91 Å². The van der Waals surface area contributed by atoms with Gasteiger partial charge >= 0.3 is 6.09 Å². The van der Waals surface area contributed by atoms with Gasteiger partial charge in [0.25, 0.3) is 0 Å². The average molecular weight is 367 g/mol. The smallest absolute Gasteiger partial charge is 0.405 e. The van der Waals surface area contributed by atoms with Crippen LogP contribution in [0.5, 0.6) is 0 Å². The highest BCUT2D eigenvalue weighted by atomic mass is 16.4. The minimum atomic E-state index is -1.19. The molecule has 1 aliphatic rings. The summed E-state index contributed by atoms with van der Waals surface area (Å²) in [5.74, 6) is -0.271. The van der Waals surface area contributed by atoms with Gasteiger partial charge in [-0.1, -0.05) is 60.7 Å². The number of carboxylic acid groups (broad SMARTS) is 1. The number of rotatable bonds is 7. The van der Waals surface area contributed by atoms with Crippen molar-refractivity contribution >= 4 is 12.0 Å². The summed E-state index contributed by atoms with van der Waals surface area (Å²) in [5, 5.41) is 14.4. The van der Waals surface area contributed by atoms with Crippen LogP contribution in [-0.4, -0.2) is 47.2 Å². The minimum absolute atomic E-state index is 0.0371. The van der Waals surface area contributed by atoms with Gasteiger partial charge in [-0.3, -0.25) is 9.69 Å². The molecule has 1 saturated heterocycles. The van der Waals surface area contributed by atoms with E-state index in [9.17, 15) is 9.59 Å². The number of hydrogen-bond donors (Lipinski definition) is 3. The highest BCUT2D eigenvalue weighted by Crippen LogP contribution is 2.14. The lowest BCUT2D eigenvalue weighted by Gasteiger charge is -2.21. The van der Waals surface area contributed by atoms with Crippen LogP contribution >= 0.6 is 0 Å². The summed E-state index contributed by atoms with van der Waals surface area (Å²) in [6.07, 6.45) is 0.00607. The Balaban J connectivity index is 1.54. The van der Waals surface area contributed by atoms with Crippen molar-refractivity contribution in [3.8, 4) is 0 Å². The number of amides is 2. The molecule has 1 fully saturated rings. The van der Waals surface area contributed by atoms with E-state index in [0.717, 1.165) is 31.6 Å². The van der Waals surface area contributed by atoms with Gasteiger partial charge in [0.1, 0.15) is 6.04 Å². The molecule has 3 rings (SSSR count). The largest absolute Gasteiger partial charge is 0.465 e. The molecular formula is C21H25N3O3. The zero-order valence-electron chi connectivity index (χ0n) is 15.2. The van der Waals surface area contributed by atoms with Crippen molar-refractivity contribution < 1.29 is 14.7 Å². The summed E-state index contributed by atoms with van der Waals surface area (Å²) < 4.78 is 0. The fraction of sp³-hybridized carbons (Fsp3) is 0.333. The van der Waals surface area contributed by atoms with Crippen molar-refractivity contribution in [2.75, 3.05) is 13.1 Å². The highest BCUT2D eigenvalue weighted by Gasteiger charge is 2.28. The second-order valence-corrected chi connectivity index (χ2v) is 6.91. The van der Waals surface area contributed by atoms with E-state index in [4.69, 9.17) is 5.11 Å². The summed E-state index contributed by atoms with van der Waals surface area (Å²) in [7, 11) is 0. The van der Waals surface area contributed by atoms with Gasteiger partial charge in [0, 0.05) is 32.1 Å². The van der Waals surface area contributed by atoms with Gasteiger partial charge in [0.05, 0.1) is 0 Å². The molecule has 2 amide bonds. The summed E-state index contributed by atoms with van der Waals surface area (Å²) in [6.45, 7) is 2.54. The van der Waals surface area contributed by atoms with E-state index in [1.807, 2.05) is 48.5 Å². The van der Waals surface area contributed by atoms with E-state index >= 15 is 0 Å². The maximum absolute atomic E-state index is 12.6. The number of benzene rings is 2. The maximum atomic E-state index is 12.6. The Morgan fingerprint density at radius 2 is 1.67 bits per heavy atom. The lowest BCUT2D eigenvalue weighted by molar-refractivity contribution is -0.123. The highest BCUT2D eigenvalue weighted by molar-refractivity contribution is 5.85. The van der Waals surface area contributed by atoms with Gasteiger partial charge in [-0.15, -0.1) is 0 Å². The van der Waals surface area contributed by atoms with Crippen LogP contribution in [0.3, 0.4) is 0 Å². The molecule has 0 bridgehead atoms. The van der Waals surface area contributed by atoms with Crippen molar-refractivity contribution in [1.82, 2.24) is 15.5 Å². The first-order chi connectivity index (χ1) is 13.1. The average Bonchev–Trinajstić information content (AvgIpc) is 3.09. The van der Waals surface area contributed by atoms with Crippen molar-refractivity contribution in [3.05, 3.63) is 71.8 Å². The van der Waals surface area contributed by atoms with Gasteiger partial charge in [-0.05, 0) is 17.5 Å². The van der Waals surface area contributed by atoms with E-state index < -0.39 is 12.1 Å². The molecule has 2 aromatic rings. The molecule has 1 heterocycles. The van der Waals surface area contributed by atoms with Gasteiger partial charge < -0.3 is 15.7 Å². The minimum Gasteiger partial charge on any atom is -0.465 e. The van der Waals surface area contributed by atoms with E-state index in [0.29, 0.717) is 6.42 Å². The number of carbonyl (C=O) groups is 2. The Morgan fingerprint density at radius 1 is 1.04 bits per heavy atom. The topological polar surface area (TPSA) is 81.7 Å². The van der Waals surface area contributed by atoms with Crippen LogP contribution in [0.2, 0.25) is 0 Å². The normalized spacial score (nSPS) is 18.0. The van der Waals surface area contributed by atoms with Crippen molar-refractivity contribution in [3.63, 3.8) is 0 Å². The third-order valence-electron chi connectivity index (χ3n) is 4.76. The third-order valence-corrected chi connectivity index (χ3v) is 4.76. The number of nitrogens with one attached hydrogen (secondary N) is 2. The molecule has 27 heavy (non-hydrogen) atoms. The standard InChI is InChI=1S/C21H25N3O3/c25-20(19(23-21(26)27)13-16-7-3-1-4-8-16)22-18-11-12-24(15-18)14-17-9-5-2-6-10-17/h1-10,18-19,23H,11-15H2,(H,22,25)(H,26,27). The predicted molar refractivity (Wildman–Crippen MR) is 103 cm³/mol. The van der Waals surface area contributed by atoms with E-state index in [2.05, 4.69) is 27.7 Å². The van der Waals surface area contributed by atoms with Crippen molar-refractivity contribution in [2.24, 2.45) is 0 Å². The van der Waals surface area contributed by atoms with Crippen LogP contribution in [0.15, 0.2) is 60.7 Å². The molecule has 2 unspecified atom stereocenters. The summed E-state index contributed by atoms with van der Waals surface area (Å²) in [6, 6.07) is 18.9. The zero-order chi connectivity index (χ0) is 19.1. The molecule has 6 nitrogen and oxygen atoms in total. The van der Waals surface area contributed by atoms with Gasteiger partial charge in [0.15, 0.2) is 0 Å². The second kappa shape index (κ2) is 9.19. The Morgan fingerprint density at radius 3 is 2.30 bits per heavy atom. The van der Waals surface area contributed by atoms with Crippen molar-refractivity contribution in [1.29, 1.82) is 0 Å². The molecule has 0 saturated carbocycles. The quantitative estimate of drug-likeness (QED) is 0.701. The molecule has 142 valence electrons. The van der Waals surface area contributed by atoms with Crippen LogP contribution in [-0.2, 0) is 17.8 Å². The molecule has 1 aliphatic heterocycles. The Kier molecular flexibility index (Phi) is 6.44. The molecule has 0 radical (unpaired) electrons. The van der Waals surface area contributed by atoms with Crippen LogP contribution in [0, 0.1) is 0 Å². The molecule has 2 aromatic carbocycles. The zero-order valence-corrected chi connectivity index (χ0v) is 15.2. The molecule has 2 atom stereocenters. The summed E-state index contributed by atoms with van der Waals surface area (Å²) >= 11 is 0. The van der Waals surface area contributed by atoms with Crippen LogP contribution < -0.4 is 10.6 Å². The molecule has 0 aliphatic carbocycles. The fourth-order valence-corrected chi connectivity index (χ4v) is 3.45. The van der Waals surface area contributed by atoms with E-state index in [-0.39, 0.29) is 11.9 Å². The van der Waals surface area contributed by atoms with Crippen molar-refractivity contribution in [2.45, 2.75) is 31.5 Å². The Labute approximate surface area is 159 Å². The first-order valence-electron chi connectivity index (χ1n) is 9.20. The lowest BCUT2D eigenvalue weighted by atomic mass is 10.0. The van der Waals surface area contributed by atoms with Crippen LogP contribution in [0.4, 0.5) is 4.79 Å². The Hall–Kier alpha value is -2.86. The molecule has 6 heteroatoms. The number of hydrogen-bond acceptors (Lipinski definition) is 3. The number of nitrogens with zero attached hydrogens (tertiary/aromatic N) is 1. The first-order valence-corrected chi connectivity index (χ1v) is 9.20. The van der Waals surface area contributed by atoms with E-state index in [1.54, 1.807) is 0 Å². The molecule has 3 N–H and O–H groups in total. The molecule has 0 spiro atoms. The van der Waals surface area contributed by atoms with Crippen LogP contribution in [0.1, 0.15) is 17.5 Å². The molecular weight excluding hydrogens is 342 g/mol. The number of carbonyl (C=O) groups excluding carboxylic acids is 1. The van der Waals surface area contributed by atoms with E-state index in [1.165, 1.54) is 5.56 Å². The number of likely N-dealkylation sites (tertiary alicyclic amines) is 1. The lowest BCUT2D eigenvalue weighted by Crippen LogP contribution is -2.50. The summed E-state index contributed by atoms with van der Waals surface area (Å²) in [5.41, 5.74) is 2.17. The Bertz CT molecular complexity index is 752. The van der Waals surface area contributed by atoms with Gasteiger partial charge in [-0.2, -0.15) is 0 Å².